The minimum Gasteiger partial charge on any atom is -0.494 e. The molecule has 0 bridgehead atoms. The number of thiocarbonyl (C=S) groups is 1. The van der Waals surface area contributed by atoms with Crippen LogP contribution in [-0.4, -0.2) is 83.9 Å². The molecule has 49 heavy (non-hydrogen) atoms. The maximum Gasteiger partial charge on any atom is 0.303 e. The normalized spacial score (nSPS) is 20.0. The molecular formula is C32H35N3O13S. The molecule has 0 saturated carbocycles. The Morgan fingerprint density at radius 2 is 1.51 bits per heavy atom. The van der Waals surface area contributed by atoms with E-state index in [0.29, 0.717) is 16.9 Å². The summed E-state index contributed by atoms with van der Waals surface area (Å²) in [4.78, 5) is 71.2. The second-order valence-corrected chi connectivity index (χ2v) is 11.0. The first-order valence-electron chi connectivity index (χ1n) is 14.7. The SMILES string of the molecule is COc1cc([N+](=O)[O-])ccc1NC(=S)Nc1cccc(/C=C/C(=O)C[C@@H]2O[C@H](COC(C)=O)[C@@H](OC(C)=O)[C@H](OC(C)=O)[C@H]2OC(C)=O)c1. The van der Waals surface area contributed by atoms with Crippen LogP contribution in [-0.2, 0) is 47.7 Å². The van der Waals surface area contributed by atoms with Crippen LogP contribution in [0.4, 0.5) is 17.1 Å². The van der Waals surface area contributed by atoms with Crippen LogP contribution in [0.3, 0.4) is 0 Å². The molecule has 1 heterocycles. The molecule has 2 aromatic carbocycles. The first-order valence-corrected chi connectivity index (χ1v) is 15.1. The molecule has 5 atom stereocenters. The lowest BCUT2D eigenvalue weighted by Crippen LogP contribution is -2.62. The molecule has 1 fully saturated rings. The van der Waals surface area contributed by atoms with Gasteiger partial charge in [-0.05, 0) is 42.1 Å². The van der Waals surface area contributed by atoms with Crippen molar-refractivity contribution in [3.63, 3.8) is 0 Å². The first-order chi connectivity index (χ1) is 23.2. The van der Waals surface area contributed by atoms with Gasteiger partial charge in [0.15, 0.2) is 29.2 Å². The first kappa shape index (κ1) is 38.0. The van der Waals surface area contributed by atoms with Crippen LogP contribution in [0.5, 0.6) is 5.75 Å². The molecule has 0 aromatic heterocycles. The minimum absolute atomic E-state index is 0.149. The summed E-state index contributed by atoms with van der Waals surface area (Å²) in [6, 6.07) is 10.9. The van der Waals surface area contributed by atoms with Crippen LogP contribution < -0.4 is 15.4 Å². The van der Waals surface area contributed by atoms with Crippen LogP contribution in [0.15, 0.2) is 48.5 Å². The molecule has 1 aliphatic heterocycles. The van der Waals surface area contributed by atoms with Gasteiger partial charge in [-0.15, -0.1) is 0 Å². The molecule has 17 heteroatoms. The lowest BCUT2D eigenvalue weighted by molar-refractivity contribution is -0.384. The number of rotatable bonds is 13. The van der Waals surface area contributed by atoms with Crippen molar-refractivity contribution in [2.45, 2.75) is 64.6 Å². The average Bonchev–Trinajstić information content (AvgIpc) is 3.01. The summed E-state index contributed by atoms with van der Waals surface area (Å²) in [5, 5.41) is 17.1. The van der Waals surface area contributed by atoms with E-state index in [4.69, 9.17) is 40.6 Å². The lowest BCUT2D eigenvalue weighted by Gasteiger charge is -2.44. The van der Waals surface area contributed by atoms with Crippen LogP contribution in [0, 0.1) is 10.1 Å². The van der Waals surface area contributed by atoms with Gasteiger partial charge in [0.2, 0.25) is 0 Å². The highest BCUT2D eigenvalue weighted by Gasteiger charge is 2.52. The van der Waals surface area contributed by atoms with Crippen molar-refractivity contribution < 1.29 is 57.3 Å². The summed E-state index contributed by atoms with van der Waals surface area (Å²) >= 11 is 5.38. The number of hydrogen-bond donors (Lipinski definition) is 2. The predicted octanol–water partition coefficient (Wildman–Crippen LogP) is 3.51. The number of methoxy groups -OCH3 is 1. The number of nitrogens with zero attached hydrogens (tertiary/aromatic N) is 1. The molecule has 3 rings (SSSR count). The number of esters is 4. The summed E-state index contributed by atoms with van der Waals surface area (Å²) in [5.41, 5.74) is 1.39. The van der Waals surface area contributed by atoms with Crippen molar-refractivity contribution in [2.75, 3.05) is 24.4 Å². The molecule has 1 aliphatic rings. The Hall–Kier alpha value is -5.42. The van der Waals surface area contributed by atoms with E-state index in [1.54, 1.807) is 24.3 Å². The number of anilines is 2. The number of nitro groups is 1. The Kier molecular flexibility index (Phi) is 13.7. The highest BCUT2D eigenvalue weighted by Crippen LogP contribution is 2.32. The van der Waals surface area contributed by atoms with E-state index in [1.165, 1.54) is 37.5 Å². The number of benzene rings is 2. The molecule has 0 radical (unpaired) electrons. The van der Waals surface area contributed by atoms with E-state index in [-0.39, 0.29) is 23.0 Å². The fourth-order valence-electron chi connectivity index (χ4n) is 4.84. The fraction of sp³-hybridized carbons (Fsp3) is 0.375. The number of allylic oxidation sites excluding steroid dienone is 1. The van der Waals surface area contributed by atoms with Gasteiger partial charge in [0.1, 0.15) is 24.6 Å². The van der Waals surface area contributed by atoms with Crippen LogP contribution in [0.2, 0.25) is 0 Å². The zero-order valence-electron chi connectivity index (χ0n) is 27.2. The Bertz CT molecular complexity index is 1630. The Balaban J connectivity index is 1.77. The van der Waals surface area contributed by atoms with E-state index >= 15 is 0 Å². The summed E-state index contributed by atoms with van der Waals surface area (Å²) in [6.07, 6.45) is -4.00. The van der Waals surface area contributed by atoms with Gasteiger partial charge in [-0.2, -0.15) is 0 Å². The molecule has 2 N–H and O–H groups in total. The molecule has 16 nitrogen and oxygen atoms in total. The van der Waals surface area contributed by atoms with Crippen molar-refractivity contribution >= 4 is 70.1 Å². The number of nitrogens with one attached hydrogen (secondary N) is 2. The van der Waals surface area contributed by atoms with Crippen molar-refractivity contribution in [1.29, 1.82) is 0 Å². The van der Waals surface area contributed by atoms with Crippen LogP contribution in [0.25, 0.3) is 6.08 Å². The van der Waals surface area contributed by atoms with E-state index < -0.39 is 71.7 Å². The van der Waals surface area contributed by atoms with Gasteiger partial charge in [0.25, 0.3) is 5.69 Å². The largest absolute Gasteiger partial charge is 0.494 e. The number of hydrogen-bond acceptors (Lipinski definition) is 14. The van der Waals surface area contributed by atoms with Crippen LogP contribution >= 0.6 is 12.2 Å². The van der Waals surface area contributed by atoms with Crippen molar-refractivity contribution in [1.82, 2.24) is 0 Å². The smallest absolute Gasteiger partial charge is 0.303 e. The highest BCUT2D eigenvalue weighted by atomic mass is 32.1. The quantitative estimate of drug-likeness (QED) is 0.0765. The van der Waals surface area contributed by atoms with Crippen molar-refractivity contribution in [3.05, 3.63) is 64.2 Å². The lowest BCUT2D eigenvalue weighted by atomic mass is 9.91. The number of ketones is 1. The van der Waals surface area contributed by atoms with E-state index in [0.717, 1.165) is 27.7 Å². The predicted molar refractivity (Wildman–Crippen MR) is 177 cm³/mol. The topological polar surface area (TPSA) is 208 Å². The average molecular weight is 702 g/mol. The standard InChI is InChI=1S/C32H35N3O13S/c1-17(36)44-16-28-30(46-19(3)38)31(47-20(4)39)29(45-18(2)37)27(48-28)15-24(40)11-9-21-7-6-8-22(13-21)33-32(49)34-25-12-10-23(35(41)42)14-26(25)43-5/h6-14,27-31H,15-16H2,1-5H3,(H2,33,34,49)/b11-9+/t27-,28+,29-,30+,31+/m0/s1. The third-order valence-electron chi connectivity index (χ3n) is 6.74. The third kappa shape index (κ3) is 11.7. The second-order valence-electron chi connectivity index (χ2n) is 10.6. The molecule has 0 unspecified atom stereocenters. The van der Waals surface area contributed by atoms with Crippen LogP contribution in [0.1, 0.15) is 39.7 Å². The zero-order chi connectivity index (χ0) is 36.2. The second kappa shape index (κ2) is 17.7. The summed E-state index contributed by atoms with van der Waals surface area (Å²) in [5.74, 6) is -3.25. The fourth-order valence-corrected chi connectivity index (χ4v) is 5.07. The Labute approximate surface area is 286 Å². The van der Waals surface area contributed by atoms with Gasteiger partial charge in [0, 0.05) is 45.9 Å². The third-order valence-corrected chi connectivity index (χ3v) is 6.94. The number of carbonyl (C=O) groups is 5. The molecule has 0 amide bonds. The Morgan fingerprint density at radius 1 is 0.878 bits per heavy atom. The highest BCUT2D eigenvalue weighted by molar-refractivity contribution is 7.80. The van der Waals surface area contributed by atoms with Gasteiger partial charge >= 0.3 is 23.9 Å². The summed E-state index contributed by atoms with van der Waals surface area (Å²) in [7, 11) is 1.37. The van der Waals surface area contributed by atoms with Gasteiger partial charge in [-0.25, -0.2) is 0 Å². The molecule has 2 aromatic rings. The monoisotopic (exact) mass is 701 g/mol. The van der Waals surface area contributed by atoms with Crippen molar-refractivity contribution in [2.24, 2.45) is 0 Å². The number of carbonyl (C=O) groups excluding carboxylic acids is 5. The van der Waals surface area contributed by atoms with E-state index in [1.807, 2.05) is 0 Å². The van der Waals surface area contributed by atoms with Gasteiger partial charge in [0.05, 0.1) is 23.8 Å². The molecule has 0 aliphatic carbocycles. The number of non-ortho nitro benzene ring substituents is 1. The Morgan fingerprint density at radius 3 is 2.10 bits per heavy atom. The molecule has 1 saturated heterocycles. The minimum atomic E-state index is -1.38. The van der Waals surface area contributed by atoms with Gasteiger partial charge in [-0.1, -0.05) is 18.2 Å². The van der Waals surface area contributed by atoms with Gasteiger partial charge in [-0.3, -0.25) is 34.1 Å². The van der Waals surface area contributed by atoms with Gasteiger partial charge < -0.3 is 39.1 Å². The van der Waals surface area contributed by atoms with Crippen molar-refractivity contribution in [3.8, 4) is 5.75 Å². The molecule has 262 valence electrons. The van der Waals surface area contributed by atoms with E-state index in [2.05, 4.69) is 10.6 Å². The summed E-state index contributed by atoms with van der Waals surface area (Å²) in [6.45, 7) is 4.07. The summed E-state index contributed by atoms with van der Waals surface area (Å²) < 4.78 is 32.4. The maximum absolute atomic E-state index is 13.2. The van der Waals surface area contributed by atoms with E-state index in [9.17, 15) is 34.1 Å². The number of ether oxygens (including phenoxy) is 6. The maximum atomic E-state index is 13.2. The molecule has 0 spiro atoms. The number of nitro benzene ring substituents is 1. The zero-order valence-corrected chi connectivity index (χ0v) is 28.0. The molecular weight excluding hydrogens is 666 g/mol.